The Hall–Kier alpha value is -1.59. The predicted molar refractivity (Wildman–Crippen MR) is 74.8 cm³/mol. The minimum absolute atomic E-state index is 0.0846. The summed E-state index contributed by atoms with van der Waals surface area (Å²) in [6.45, 7) is 1.13. The lowest BCUT2D eigenvalue weighted by molar-refractivity contribution is 0.0582. The van der Waals surface area contributed by atoms with Gasteiger partial charge in [0.05, 0.1) is 12.7 Å². The number of nitrogens with two attached hydrogens (primary N) is 1. The number of anilines is 1. The Labute approximate surface area is 113 Å². The molecule has 0 aromatic heterocycles. The predicted octanol–water partition coefficient (Wildman–Crippen LogP) is 1.66. The summed E-state index contributed by atoms with van der Waals surface area (Å²) in [6, 6.07) is 7.01. The van der Waals surface area contributed by atoms with Crippen LogP contribution in [0.3, 0.4) is 0 Å². The molecule has 0 radical (unpaired) electrons. The molecule has 1 aliphatic rings. The molecule has 0 bridgehead atoms. The van der Waals surface area contributed by atoms with Gasteiger partial charge < -0.3 is 15.5 Å². The molecule has 0 saturated heterocycles. The second-order valence-corrected chi connectivity index (χ2v) is 4.75. The zero-order valence-corrected chi connectivity index (χ0v) is 11.0. The maximum atomic E-state index is 11.8. The van der Waals surface area contributed by atoms with E-state index in [4.69, 9.17) is 10.6 Å². The van der Waals surface area contributed by atoms with Crippen molar-refractivity contribution in [2.75, 3.05) is 18.6 Å². The Bertz CT molecular complexity index is 400. The number of carbonyl (C=O) groups excluding carboxylic acids is 1. The molecule has 0 heterocycles. The maximum absolute atomic E-state index is 11.8. The summed E-state index contributed by atoms with van der Waals surface area (Å²) < 4.78 is 5.68. The van der Waals surface area contributed by atoms with E-state index in [1.807, 2.05) is 0 Å². The first kappa shape index (κ1) is 13.8. The first-order valence-electron chi connectivity index (χ1n) is 6.76. The molecule has 19 heavy (non-hydrogen) atoms. The summed E-state index contributed by atoms with van der Waals surface area (Å²) in [6.07, 6.45) is 5.23. The van der Waals surface area contributed by atoms with Gasteiger partial charge in [-0.3, -0.25) is 10.6 Å². The Morgan fingerprint density at radius 2 is 1.95 bits per heavy atom. The SMILES string of the molecule is NNc1ccc(C(=O)NCCOC2CCCC2)cc1. The molecular formula is C14H21N3O2. The van der Waals surface area contributed by atoms with Crippen LogP contribution in [0.4, 0.5) is 5.69 Å². The van der Waals surface area contributed by atoms with E-state index in [2.05, 4.69) is 10.7 Å². The van der Waals surface area contributed by atoms with Crippen LogP contribution in [-0.4, -0.2) is 25.2 Å². The smallest absolute Gasteiger partial charge is 0.251 e. The molecule has 1 aromatic carbocycles. The van der Waals surface area contributed by atoms with Gasteiger partial charge in [-0.15, -0.1) is 0 Å². The summed E-state index contributed by atoms with van der Waals surface area (Å²) in [5.74, 6) is 5.18. The van der Waals surface area contributed by atoms with Gasteiger partial charge in [0.25, 0.3) is 5.91 Å². The van der Waals surface area contributed by atoms with Crippen molar-refractivity contribution in [1.29, 1.82) is 0 Å². The van der Waals surface area contributed by atoms with Crippen molar-refractivity contribution in [1.82, 2.24) is 5.32 Å². The number of benzene rings is 1. The van der Waals surface area contributed by atoms with Crippen molar-refractivity contribution in [2.24, 2.45) is 5.84 Å². The maximum Gasteiger partial charge on any atom is 0.251 e. The van der Waals surface area contributed by atoms with Gasteiger partial charge in [-0.25, -0.2) is 0 Å². The Morgan fingerprint density at radius 1 is 1.26 bits per heavy atom. The third-order valence-electron chi connectivity index (χ3n) is 3.36. The average Bonchev–Trinajstić information content (AvgIpc) is 2.96. The molecule has 1 aliphatic carbocycles. The quantitative estimate of drug-likeness (QED) is 0.414. The van der Waals surface area contributed by atoms with Crippen LogP contribution in [0.15, 0.2) is 24.3 Å². The highest BCUT2D eigenvalue weighted by Gasteiger charge is 2.14. The second kappa shape index (κ2) is 7.11. The molecule has 104 valence electrons. The normalized spacial score (nSPS) is 15.4. The standard InChI is InChI=1S/C14H21N3O2/c15-17-12-7-5-11(6-8-12)14(18)16-9-10-19-13-3-1-2-4-13/h5-8,13,17H,1-4,9-10,15H2,(H,16,18). The number of ether oxygens (including phenoxy) is 1. The first-order chi connectivity index (χ1) is 9.29. The molecule has 1 aromatic rings. The zero-order valence-electron chi connectivity index (χ0n) is 11.0. The number of nitrogens with one attached hydrogen (secondary N) is 2. The second-order valence-electron chi connectivity index (χ2n) is 4.75. The fourth-order valence-corrected chi connectivity index (χ4v) is 2.27. The molecular weight excluding hydrogens is 242 g/mol. The van der Waals surface area contributed by atoms with Crippen LogP contribution in [0.2, 0.25) is 0 Å². The van der Waals surface area contributed by atoms with Crippen LogP contribution in [0, 0.1) is 0 Å². The van der Waals surface area contributed by atoms with Crippen LogP contribution in [0.1, 0.15) is 36.0 Å². The minimum atomic E-state index is -0.0846. The van der Waals surface area contributed by atoms with Gasteiger partial charge in [-0.2, -0.15) is 0 Å². The summed E-state index contributed by atoms with van der Waals surface area (Å²) in [4.78, 5) is 11.8. The van der Waals surface area contributed by atoms with Gasteiger partial charge in [-0.05, 0) is 37.1 Å². The highest BCUT2D eigenvalue weighted by molar-refractivity contribution is 5.94. The largest absolute Gasteiger partial charge is 0.376 e. The topological polar surface area (TPSA) is 76.4 Å². The molecule has 1 fully saturated rings. The molecule has 1 saturated carbocycles. The average molecular weight is 263 g/mol. The Kier molecular flexibility index (Phi) is 5.18. The Morgan fingerprint density at radius 3 is 2.58 bits per heavy atom. The lowest BCUT2D eigenvalue weighted by Crippen LogP contribution is -2.28. The fourth-order valence-electron chi connectivity index (χ4n) is 2.27. The van der Waals surface area contributed by atoms with Gasteiger partial charge >= 0.3 is 0 Å². The van der Waals surface area contributed by atoms with Crippen LogP contribution in [0.5, 0.6) is 0 Å². The molecule has 0 aliphatic heterocycles. The number of rotatable bonds is 6. The van der Waals surface area contributed by atoms with Gasteiger partial charge in [0, 0.05) is 17.8 Å². The molecule has 5 nitrogen and oxygen atoms in total. The van der Waals surface area contributed by atoms with Crippen molar-refractivity contribution in [2.45, 2.75) is 31.8 Å². The number of carbonyl (C=O) groups is 1. The minimum Gasteiger partial charge on any atom is -0.376 e. The van der Waals surface area contributed by atoms with Crippen LogP contribution in [0.25, 0.3) is 0 Å². The molecule has 1 amide bonds. The van der Waals surface area contributed by atoms with Gasteiger partial charge in [0.1, 0.15) is 0 Å². The van der Waals surface area contributed by atoms with E-state index in [1.165, 1.54) is 12.8 Å². The van der Waals surface area contributed by atoms with E-state index in [-0.39, 0.29) is 5.91 Å². The third-order valence-corrected chi connectivity index (χ3v) is 3.36. The van der Waals surface area contributed by atoms with E-state index in [0.29, 0.717) is 24.8 Å². The molecule has 2 rings (SSSR count). The lowest BCUT2D eigenvalue weighted by Gasteiger charge is -2.11. The van der Waals surface area contributed by atoms with E-state index >= 15 is 0 Å². The van der Waals surface area contributed by atoms with E-state index in [1.54, 1.807) is 24.3 Å². The molecule has 4 N–H and O–H groups in total. The van der Waals surface area contributed by atoms with Gasteiger partial charge in [-0.1, -0.05) is 12.8 Å². The zero-order chi connectivity index (χ0) is 13.5. The van der Waals surface area contributed by atoms with E-state index in [0.717, 1.165) is 18.5 Å². The van der Waals surface area contributed by atoms with Crippen LogP contribution >= 0.6 is 0 Å². The van der Waals surface area contributed by atoms with E-state index < -0.39 is 0 Å². The first-order valence-corrected chi connectivity index (χ1v) is 6.76. The van der Waals surface area contributed by atoms with Crippen LogP contribution in [-0.2, 0) is 4.74 Å². The van der Waals surface area contributed by atoms with Gasteiger partial charge in [0.2, 0.25) is 0 Å². The number of hydrogen-bond donors (Lipinski definition) is 3. The molecule has 0 unspecified atom stereocenters. The van der Waals surface area contributed by atoms with Gasteiger partial charge in [0.15, 0.2) is 0 Å². The van der Waals surface area contributed by atoms with Crippen molar-refractivity contribution < 1.29 is 9.53 Å². The summed E-state index contributed by atoms with van der Waals surface area (Å²) >= 11 is 0. The molecule has 0 spiro atoms. The summed E-state index contributed by atoms with van der Waals surface area (Å²) in [5.41, 5.74) is 3.93. The Balaban J connectivity index is 1.68. The molecule has 0 atom stereocenters. The highest BCUT2D eigenvalue weighted by atomic mass is 16.5. The third kappa shape index (κ3) is 4.22. The fraction of sp³-hybridized carbons (Fsp3) is 0.500. The number of hydrogen-bond acceptors (Lipinski definition) is 4. The van der Waals surface area contributed by atoms with Crippen molar-refractivity contribution in [3.63, 3.8) is 0 Å². The molecule has 5 heteroatoms. The van der Waals surface area contributed by atoms with Crippen molar-refractivity contribution in [3.8, 4) is 0 Å². The summed E-state index contributed by atoms with van der Waals surface area (Å²) in [7, 11) is 0. The van der Waals surface area contributed by atoms with Crippen molar-refractivity contribution >= 4 is 11.6 Å². The van der Waals surface area contributed by atoms with Crippen LogP contribution < -0.4 is 16.6 Å². The number of hydrazine groups is 1. The van der Waals surface area contributed by atoms with E-state index in [9.17, 15) is 4.79 Å². The number of nitrogen functional groups attached to an aromatic ring is 1. The van der Waals surface area contributed by atoms with Crippen molar-refractivity contribution in [3.05, 3.63) is 29.8 Å². The lowest BCUT2D eigenvalue weighted by atomic mass is 10.2. The highest BCUT2D eigenvalue weighted by Crippen LogP contribution is 2.20. The number of amides is 1. The summed E-state index contributed by atoms with van der Waals surface area (Å²) in [5, 5.41) is 2.84. The monoisotopic (exact) mass is 263 g/mol.